The standard InChI is InChI=1S/C24H34N2O6/c1-17(2)19-14-31-22(29)26(19)20(27)24(16-30-13-18-9-7-6-8-10-18)11-12-25(15-24)21(28)32-23(3,4)5/h6-10,17,19H,11-16H2,1-5H3/t19-,24-/m1/s1. The molecule has 2 aliphatic heterocycles. The van der Waals surface area contributed by atoms with E-state index >= 15 is 0 Å². The van der Waals surface area contributed by atoms with E-state index in [4.69, 9.17) is 14.2 Å². The number of amides is 3. The van der Waals surface area contributed by atoms with Gasteiger partial charge in [0.05, 0.1) is 24.7 Å². The molecule has 2 aliphatic rings. The lowest BCUT2D eigenvalue weighted by Gasteiger charge is -2.33. The first-order valence-electron chi connectivity index (χ1n) is 11.1. The first kappa shape index (κ1) is 24.0. The van der Waals surface area contributed by atoms with Crippen LogP contribution in [0, 0.1) is 11.3 Å². The van der Waals surface area contributed by atoms with Crippen molar-refractivity contribution in [1.82, 2.24) is 9.80 Å². The zero-order valence-corrected chi connectivity index (χ0v) is 19.6. The second kappa shape index (κ2) is 9.48. The van der Waals surface area contributed by atoms with Crippen molar-refractivity contribution in [2.24, 2.45) is 11.3 Å². The SMILES string of the molecule is CC(C)[C@H]1COC(=O)N1C(=O)[C@]1(COCc2ccccc2)CCN(C(=O)OC(C)(C)C)C1. The van der Waals surface area contributed by atoms with Crippen LogP contribution in [0.1, 0.15) is 46.6 Å². The Kier molecular flexibility index (Phi) is 7.12. The van der Waals surface area contributed by atoms with Gasteiger partial charge < -0.3 is 19.1 Å². The summed E-state index contributed by atoms with van der Waals surface area (Å²) in [5, 5.41) is 0. The first-order chi connectivity index (χ1) is 15.0. The van der Waals surface area contributed by atoms with Crippen molar-refractivity contribution < 1.29 is 28.6 Å². The topological polar surface area (TPSA) is 85.4 Å². The van der Waals surface area contributed by atoms with Crippen LogP contribution >= 0.6 is 0 Å². The maximum Gasteiger partial charge on any atom is 0.417 e. The van der Waals surface area contributed by atoms with Gasteiger partial charge in [-0.3, -0.25) is 4.79 Å². The molecular weight excluding hydrogens is 412 g/mol. The van der Waals surface area contributed by atoms with Gasteiger partial charge in [-0.15, -0.1) is 0 Å². The molecule has 0 saturated carbocycles. The van der Waals surface area contributed by atoms with Gasteiger partial charge in [-0.2, -0.15) is 0 Å². The third-order valence-electron chi connectivity index (χ3n) is 5.84. The molecule has 0 aromatic heterocycles. The monoisotopic (exact) mass is 446 g/mol. The Morgan fingerprint density at radius 2 is 1.91 bits per heavy atom. The Balaban J connectivity index is 1.80. The van der Waals surface area contributed by atoms with Gasteiger partial charge in [0.25, 0.3) is 0 Å². The maximum absolute atomic E-state index is 13.8. The first-order valence-corrected chi connectivity index (χ1v) is 11.1. The Hall–Kier alpha value is -2.61. The number of nitrogens with zero attached hydrogens (tertiary/aromatic N) is 2. The number of carbonyl (C=O) groups excluding carboxylic acids is 3. The quantitative estimate of drug-likeness (QED) is 0.660. The number of rotatable bonds is 6. The number of likely N-dealkylation sites (tertiary alicyclic amines) is 1. The number of hydrogen-bond donors (Lipinski definition) is 0. The highest BCUT2D eigenvalue weighted by Crippen LogP contribution is 2.37. The molecule has 2 atom stereocenters. The Bertz CT molecular complexity index is 835. The highest BCUT2D eigenvalue weighted by molar-refractivity contribution is 5.97. The highest BCUT2D eigenvalue weighted by Gasteiger charge is 2.53. The zero-order chi connectivity index (χ0) is 23.5. The fourth-order valence-corrected chi connectivity index (χ4v) is 4.06. The molecule has 1 aromatic carbocycles. The number of cyclic esters (lactones) is 1. The van der Waals surface area contributed by atoms with E-state index < -0.39 is 23.2 Å². The summed E-state index contributed by atoms with van der Waals surface area (Å²) in [5.74, 6) is -0.297. The molecule has 3 rings (SSSR count). The molecule has 1 aromatic rings. The van der Waals surface area contributed by atoms with Crippen LogP contribution in [0.4, 0.5) is 9.59 Å². The summed E-state index contributed by atoms with van der Waals surface area (Å²) in [6, 6.07) is 9.33. The minimum absolute atomic E-state index is 0.0519. The van der Waals surface area contributed by atoms with Gasteiger partial charge in [0.2, 0.25) is 5.91 Å². The molecule has 176 valence electrons. The van der Waals surface area contributed by atoms with Gasteiger partial charge in [0.15, 0.2) is 0 Å². The average Bonchev–Trinajstić information content (AvgIpc) is 3.32. The summed E-state index contributed by atoms with van der Waals surface area (Å²) in [7, 11) is 0. The fraction of sp³-hybridized carbons (Fsp3) is 0.625. The number of benzene rings is 1. The minimum atomic E-state index is -1.04. The van der Waals surface area contributed by atoms with E-state index in [1.165, 1.54) is 9.80 Å². The lowest BCUT2D eigenvalue weighted by atomic mass is 9.85. The van der Waals surface area contributed by atoms with Crippen LogP contribution in [0.3, 0.4) is 0 Å². The van der Waals surface area contributed by atoms with Crippen LogP contribution in [0.15, 0.2) is 30.3 Å². The highest BCUT2D eigenvalue weighted by atomic mass is 16.6. The van der Waals surface area contributed by atoms with E-state index in [1.54, 1.807) is 20.8 Å². The molecule has 8 heteroatoms. The number of hydrogen-bond acceptors (Lipinski definition) is 6. The van der Waals surface area contributed by atoms with Gasteiger partial charge in [-0.1, -0.05) is 44.2 Å². The van der Waals surface area contributed by atoms with Gasteiger partial charge in [0, 0.05) is 13.1 Å². The van der Waals surface area contributed by atoms with Crippen molar-refractivity contribution in [1.29, 1.82) is 0 Å². The van der Waals surface area contributed by atoms with Crippen molar-refractivity contribution in [3.05, 3.63) is 35.9 Å². The molecule has 3 amide bonds. The van der Waals surface area contributed by atoms with E-state index in [-0.39, 0.29) is 37.6 Å². The maximum atomic E-state index is 13.8. The van der Waals surface area contributed by atoms with Crippen molar-refractivity contribution in [2.75, 3.05) is 26.3 Å². The Labute approximate surface area is 189 Å². The van der Waals surface area contributed by atoms with Gasteiger partial charge >= 0.3 is 12.2 Å². The fourth-order valence-electron chi connectivity index (χ4n) is 4.06. The van der Waals surface area contributed by atoms with E-state index in [9.17, 15) is 14.4 Å². The van der Waals surface area contributed by atoms with Crippen molar-refractivity contribution >= 4 is 18.1 Å². The largest absolute Gasteiger partial charge is 0.447 e. The number of carbonyl (C=O) groups is 3. The second-order valence-electron chi connectivity index (χ2n) is 9.97. The van der Waals surface area contributed by atoms with Crippen LogP contribution in [0.25, 0.3) is 0 Å². The van der Waals surface area contributed by atoms with Crippen LogP contribution in [0.5, 0.6) is 0 Å². The van der Waals surface area contributed by atoms with E-state index in [1.807, 2.05) is 44.2 Å². The molecule has 0 bridgehead atoms. The third-order valence-corrected chi connectivity index (χ3v) is 5.84. The molecule has 2 fully saturated rings. The Morgan fingerprint density at radius 1 is 1.22 bits per heavy atom. The summed E-state index contributed by atoms with van der Waals surface area (Å²) in [6.45, 7) is 10.4. The van der Waals surface area contributed by atoms with Crippen molar-refractivity contribution in [2.45, 2.75) is 59.3 Å². The van der Waals surface area contributed by atoms with Crippen LogP contribution < -0.4 is 0 Å². The molecule has 2 heterocycles. The molecule has 0 aliphatic carbocycles. The second-order valence-corrected chi connectivity index (χ2v) is 9.97. The molecule has 32 heavy (non-hydrogen) atoms. The molecule has 0 unspecified atom stereocenters. The predicted molar refractivity (Wildman–Crippen MR) is 118 cm³/mol. The van der Waals surface area contributed by atoms with Crippen molar-refractivity contribution in [3.8, 4) is 0 Å². The summed E-state index contributed by atoms with van der Waals surface area (Å²) in [6.07, 6.45) is -0.722. The van der Waals surface area contributed by atoms with Crippen LogP contribution in [0.2, 0.25) is 0 Å². The number of ether oxygens (including phenoxy) is 3. The van der Waals surface area contributed by atoms with E-state index in [0.717, 1.165) is 5.56 Å². The van der Waals surface area contributed by atoms with Crippen molar-refractivity contribution in [3.63, 3.8) is 0 Å². The normalized spacial score (nSPS) is 23.6. The molecule has 8 nitrogen and oxygen atoms in total. The molecule has 2 saturated heterocycles. The predicted octanol–water partition coefficient (Wildman–Crippen LogP) is 3.83. The smallest absolute Gasteiger partial charge is 0.417 e. The minimum Gasteiger partial charge on any atom is -0.447 e. The van der Waals surface area contributed by atoms with Crippen LogP contribution in [-0.4, -0.2) is 65.8 Å². The summed E-state index contributed by atoms with van der Waals surface area (Å²) >= 11 is 0. The summed E-state index contributed by atoms with van der Waals surface area (Å²) < 4.78 is 16.7. The molecule has 0 radical (unpaired) electrons. The zero-order valence-electron chi connectivity index (χ0n) is 19.6. The lowest BCUT2D eigenvalue weighted by molar-refractivity contribution is -0.144. The van der Waals surface area contributed by atoms with Crippen LogP contribution in [-0.2, 0) is 25.6 Å². The molecule has 0 N–H and O–H groups in total. The molecule has 0 spiro atoms. The van der Waals surface area contributed by atoms with Gasteiger partial charge in [0.1, 0.15) is 12.2 Å². The molecular formula is C24H34N2O6. The third kappa shape index (κ3) is 5.41. The van der Waals surface area contributed by atoms with E-state index in [2.05, 4.69) is 0 Å². The van der Waals surface area contributed by atoms with E-state index in [0.29, 0.717) is 19.6 Å². The Morgan fingerprint density at radius 3 is 2.53 bits per heavy atom. The average molecular weight is 447 g/mol. The van der Waals surface area contributed by atoms with Gasteiger partial charge in [-0.25, -0.2) is 14.5 Å². The summed E-state index contributed by atoms with van der Waals surface area (Å²) in [5.41, 5.74) is -0.697. The number of imide groups is 1. The summed E-state index contributed by atoms with van der Waals surface area (Å²) in [4.78, 5) is 41.7. The van der Waals surface area contributed by atoms with Gasteiger partial charge in [-0.05, 0) is 38.7 Å². The lowest BCUT2D eigenvalue weighted by Crippen LogP contribution is -2.53.